The SMILES string of the molecule is CC.CC1CCCC[N-]C1=O.[Rb+]. The number of hydrogen-bond donors (Lipinski definition) is 0. The van der Waals surface area contributed by atoms with E-state index < -0.39 is 0 Å². The summed E-state index contributed by atoms with van der Waals surface area (Å²) in [6, 6.07) is 0. The second kappa shape index (κ2) is 10.4. The molecule has 0 aliphatic carbocycles. The van der Waals surface area contributed by atoms with Crippen molar-refractivity contribution >= 4 is 5.91 Å². The summed E-state index contributed by atoms with van der Waals surface area (Å²) in [5, 5.41) is 3.87. The number of carbonyl (C=O) groups is 1. The van der Waals surface area contributed by atoms with Crippen LogP contribution in [0.1, 0.15) is 40.0 Å². The Balaban J connectivity index is 0. The molecule has 1 aliphatic rings. The first-order chi connectivity index (χ1) is 5.30. The molecule has 1 amide bonds. The fraction of sp³-hybridized carbons (Fsp3) is 0.889. The molecular formula is C9H18NORb. The van der Waals surface area contributed by atoms with Crippen LogP contribution in [0.15, 0.2) is 0 Å². The van der Waals surface area contributed by atoms with E-state index in [4.69, 9.17) is 0 Å². The molecular weight excluding hydrogens is 224 g/mol. The largest absolute Gasteiger partial charge is 1.00 e. The molecule has 12 heavy (non-hydrogen) atoms. The molecule has 0 saturated carbocycles. The third kappa shape index (κ3) is 6.75. The van der Waals surface area contributed by atoms with Crippen molar-refractivity contribution in [3.63, 3.8) is 0 Å². The third-order valence-corrected chi connectivity index (χ3v) is 1.73. The standard InChI is InChI=1S/C7H13NO.C2H6.Rb/c1-6-4-2-3-5-8-7(6)9;1-2;/h6H,2-5H2,1H3,(H,8,9);1-2H3;/q;;+1/p-1. The molecule has 0 aromatic rings. The van der Waals surface area contributed by atoms with Crippen LogP contribution in [0.25, 0.3) is 5.32 Å². The van der Waals surface area contributed by atoms with Crippen LogP contribution in [0.2, 0.25) is 0 Å². The quantitative estimate of drug-likeness (QED) is 0.575. The average Bonchev–Trinajstić information content (AvgIpc) is 2.22. The summed E-state index contributed by atoms with van der Waals surface area (Å²) >= 11 is 0. The van der Waals surface area contributed by atoms with E-state index in [1.807, 2.05) is 20.8 Å². The minimum Gasteiger partial charge on any atom is -0.653 e. The predicted octanol–water partition coefficient (Wildman–Crippen LogP) is -0.263. The van der Waals surface area contributed by atoms with E-state index >= 15 is 0 Å². The molecule has 1 unspecified atom stereocenters. The van der Waals surface area contributed by atoms with Gasteiger partial charge in [0.05, 0.1) is 5.91 Å². The Morgan fingerprint density at radius 2 is 1.92 bits per heavy atom. The van der Waals surface area contributed by atoms with E-state index in [9.17, 15) is 4.79 Å². The van der Waals surface area contributed by atoms with E-state index in [0.29, 0.717) is 0 Å². The average molecular weight is 242 g/mol. The Labute approximate surface area is 125 Å². The molecule has 3 heteroatoms. The van der Waals surface area contributed by atoms with Gasteiger partial charge in [0, 0.05) is 0 Å². The van der Waals surface area contributed by atoms with Crippen LogP contribution in [-0.4, -0.2) is 12.5 Å². The minimum absolute atomic E-state index is 0. The van der Waals surface area contributed by atoms with Crippen LogP contribution in [0.4, 0.5) is 0 Å². The van der Waals surface area contributed by atoms with E-state index in [-0.39, 0.29) is 70.0 Å². The summed E-state index contributed by atoms with van der Waals surface area (Å²) in [5.74, 6) is 0.292. The van der Waals surface area contributed by atoms with Gasteiger partial charge >= 0.3 is 58.2 Å². The van der Waals surface area contributed by atoms with E-state index in [1.165, 1.54) is 0 Å². The molecule has 0 N–H and O–H groups in total. The zero-order chi connectivity index (χ0) is 8.69. The van der Waals surface area contributed by atoms with Crippen molar-refractivity contribution in [2.75, 3.05) is 6.54 Å². The van der Waals surface area contributed by atoms with Crippen molar-refractivity contribution < 1.29 is 63.0 Å². The smallest absolute Gasteiger partial charge is 0.653 e. The Hall–Kier alpha value is 1.28. The zero-order valence-corrected chi connectivity index (χ0v) is 13.7. The van der Waals surface area contributed by atoms with Crippen LogP contribution in [-0.2, 0) is 4.79 Å². The first kappa shape index (κ1) is 15.7. The first-order valence-corrected chi connectivity index (χ1v) is 4.52. The fourth-order valence-electron chi connectivity index (χ4n) is 1.03. The molecule has 1 atom stereocenters. The summed E-state index contributed by atoms with van der Waals surface area (Å²) in [4.78, 5) is 10.8. The van der Waals surface area contributed by atoms with Gasteiger partial charge in [-0.1, -0.05) is 33.6 Å². The van der Waals surface area contributed by atoms with Gasteiger partial charge in [-0.3, -0.25) is 0 Å². The van der Waals surface area contributed by atoms with E-state index in [1.54, 1.807) is 0 Å². The van der Waals surface area contributed by atoms with Gasteiger partial charge in [-0.05, 0) is 12.3 Å². The normalized spacial score (nSPS) is 22.2. The van der Waals surface area contributed by atoms with Crippen LogP contribution < -0.4 is 58.2 Å². The number of nitrogens with zero attached hydrogens (tertiary/aromatic N) is 1. The van der Waals surface area contributed by atoms with Crippen molar-refractivity contribution in [3.8, 4) is 0 Å². The molecule has 0 aromatic carbocycles. The van der Waals surface area contributed by atoms with Gasteiger partial charge in [-0.2, -0.15) is 0 Å². The maximum Gasteiger partial charge on any atom is 1.00 e. The number of rotatable bonds is 0. The topological polar surface area (TPSA) is 31.2 Å². The summed E-state index contributed by atoms with van der Waals surface area (Å²) < 4.78 is 0. The first-order valence-electron chi connectivity index (χ1n) is 4.52. The van der Waals surface area contributed by atoms with Crippen molar-refractivity contribution in [2.24, 2.45) is 5.92 Å². The molecule has 0 bridgehead atoms. The van der Waals surface area contributed by atoms with Crippen molar-refractivity contribution in [2.45, 2.75) is 40.0 Å². The molecule has 2 nitrogen and oxygen atoms in total. The molecule has 0 radical (unpaired) electrons. The monoisotopic (exact) mass is 241 g/mol. The predicted molar refractivity (Wildman–Crippen MR) is 47.6 cm³/mol. The maximum atomic E-state index is 10.8. The van der Waals surface area contributed by atoms with Gasteiger partial charge in [0.2, 0.25) is 0 Å². The molecule has 1 heterocycles. The fourth-order valence-corrected chi connectivity index (χ4v) is 1.03. The van der Waals surface area contributed by atoms with Crippen molar-refractivity contribution in [3.05, 3.63) is 5.32 Å². The van der Waals surface area contributed by atoms with Crippen molar-refractivity contribution in [1.29, 1.82) is 0 Å². The molecule has 1 aliphatic heterocycles. The third-order valence-electron chi connectivity index (χ3n) is 1.73. The maximum absolute atomic E-state index is 10.8. The van der Waals surface area contributed by atoms with Crippen LogP contribution in [0.5, 0.6) is 0 Å². The van der Waals surface area contributed by atoms with Gasteiger partial charge in [0.1, 0.15) is 0 Å². The van der Waals surface area contributed by atoms with Crippen LogP contribution in [0, 0.1) is 5.92 Å². The summed E-state index contributed by atoms with van der Waals surface area (Å²) in [6.45, 7) is 6.71. The van der Waals surface area contributed by atoms with E-state index in [0.717, 1.165) is 25.8 Å². The van der Waals surface area contributed by atoms with Gasteiger partial charge in [0.15, 0.2) is 0 Å². The van der Waals surface area contributed by atoms with Crippen molar-refractivity contribution in [1.82, 2.24) is 0 Å². The number of amides is 1. The Kier molecular flexibility index (Phi) is 13.6. The Morgan fingerprint density at radius 1 is 1.33 bits per heavy atom. The summed E-state index contributed by atoms with van der Waals surface area (Å²) in [7, 11) is 0. The second-order valence-corrected chi connectivity index (χ2v) is 2.62. The van der Waals surface area contributed by atoms with Gasteiger partial charge in [-0.15, -0.1) is 6.54 Å². The molecule has 1 fully saturated rings. The number of hydrogen-bond acceptors (Lipinski definition) is 1. The number of carbonyl (C=O) groups excluding carboxylic acids is 1. The molecule has 66 valence electrons. The van der Waals surface area contributed by atoms with Gasteiger partial charge in [-0.25, -0.2) is 0 Å². The Morgan fingerprint density at radius 3 is 2.50 bits per heavy atom. The van der Waals surface area contributed by atoms with E-state index in [2.05, 4.69) is 5.32 Å². The molecule has 1 saturated heterocycles. The Bertz CT molecular complexity index is 117. The second-order valence-electron chi connectivity index (χ2n) is 2.62. The minimum atomic E-state index is 0. The van der Waals surface area contributed by atoms with Crippen LogP contribution >= 0.6 is 0 Å². The van der Waals surface area contributed by atoms with Gasteiger partial charge < -0.3 is 10.1 Å². The zero-order valence-electron chi connectivity index (χ0n) is 8.76. The van der Waals surface area contributed by atoms with Gasteiger partial charge in [0.25, 0.3) is 0 Å². The molecule has 0 spiro atoms. The molecule has 0 aromatic heterocycles. The molecule has 1 rings (SSSR count). The van der Waals surface area contributed by atoms with Crippen LogP contribution in [0.3, 0.4) is 0 Å². The summed E-state index contributed by atoms with van der Waals surface area (Å²) in [6.07, 6.45) is 3.29. The summed E-state index contributed by atoms with van der Waals surface area (Å²) in [5.41, 5.74) is 0.